The molecule has 0 radical (unpaired) electrons. The Labute approximate surface area is 142 Å². The van der Waals surface area contributed by atoms with E-state index in [0.29, 0.717) is 13.1 Å². The fourth-order valence-corrected chi connectivity index (χ4v) is 5.47. The molecule has 1 amide bonds. The van der Waals surface area contributed by atoms with Crippen LogP contribution in [0.1, 0.15) is 52.2 Å². The van der Waals surface area contributed by atoms with Gasteiger partial charge in [0.25, 0.3) is 5.91 Å². The lowest BCUT2D eigenvalue weighted by molar-refractivity contribution is 0.0925. The second-order valence-electron chi connectivity index (χ2n) is 6.55. The number of hydrogen-bond donors (Lipinski definition) is 1. The highest BCUT2D eigenvalue weighted by atomic mass is 32.2. The molecule has 1 atom stereocenters. The Hall–Kier alpha value is -0.920. The zero-order chi connectivity index (χ0) is 16.4. The van der Waals surface area contributed by atoms with Gasteiger partial charge >= 0.3 is 0 Å². The average Bonchev–Trinajstić information content (AvgIpc) is 2.78. The summed E-state index contributed by atoms with van der Waals surface area (Å²) in [5, 5.41) is 3.03. The molecule has 7 heteroatoms. The quantitative estimate of drug-likeness (QED) is 0.844. The van der Waals surface area contributed by atoms with Crippen molar-refractivity contribution < 1.29 is 13.2 Å². The van der Waals surface area contributed by atoms with Gasteiger partial charge in [0.2, 0.25) is 10.0 Å². The van der Waals surface area contributed by atoms with Crippen LogP contribution in [0.3, 0.4) is 0 Å². The Kier molecular flexibility index (Phi) is 5.08. The molecule has 0 spiro atoms. The van der Waals surface area contributed by atoms with Gasteiger partial charge in [-0.3, -0.25) is 4.79 Å². The highest BCUT2D eigenvalue weighted by Gasteiger charge is 2.27. The van der Waals surface area contributed by atoms with Crippen LogP contribution in [0.5, 0.6) is 0 Å². The first-order valence-electron chi connectivity index (χ1n) is 8.31. The van der Waals surface area contributed by atoms with Crippen molar-refractivity contribution in [3.05, 3.63) is 21.4 Å². The van der Waals surface area contributed by atoms with Gasteiger partial charge in [0.05, 0.1) is 11.1 Å². The molecule has 1 aromatic rings. The van der Waals surface area contributed by atoms with Gasteiger partial charge in [-0.1, -0.05) is 6.42 Å². The number of hydrogen-bond acceptors (Lipinski definition) is 4. The van der Waals surface area contributed by atoms with E-state index in [0.717, 1.165) is 30.6 Å². The first kappa shape index (κ1) is 16.9. The SMILES string of the molecule is CS(=O)(=O)N1CCCC(NC(=O)c2cc3c(s2)CCCCC3)C1. The number of nitrogens with one attached hydrogen (secondary N) is 1. The van der Waals surface area contributed by atoms with Crippen LogP contribution < -0.4 is 5.32 Å². The van der Waals surface area contributed by atoms with E-state index in [1.165, 1.54) is 40.3 Å². The molecular formula is C16H24N2O3S2. The molecule has 2 aliphatic rings. The molecule has 0 aromatic carbocycles. The summed E-state index contributed by atoms with van der Waals surface area (Å²) in [5.41, 5.74) is 1.33. The van der Waals surface area contributed by atoms with E-state index in [9.17, 15) is 13.2 Å². The van der Waals surface area contributed by atoms with Crippen molar-refractivity contribution in [1.29, 1.82) is 0 Å². The van der Waals surface area contributed by atoms with E-state index in [2.05, 4.69) is 5.32 Å². The van der Waals surface area contributed by atoms with Crippen LogP contribution in [0.4, 0.5) is 0 Å². The van der Waals surface area contributed by atoms with Gasteiger partial charge < -0.3 is 5.32 Å². The summed E-state index contributed by atoms with van der Waals surface area (Å²) in [6, 6.07) is 1.95. The molecule has 5 nitrogen and oxygen atoms in total. The van der Waals surface area contributed by atoms with Crippen LogP contribution in [0.25, 0.3) is 0 Å². The maximum atomic E-state index is 12.5. The van der Waals surface area contributed by atoms with Crippen molar-refractivity contribution in [3.8, 4) is 0 Å². The summed E-state index contributed by atoms with van der Waals surface area (Å²) >= 11 is 1.61. The normalized spacial score (nSPS) is 23.1. The number of aryl methyl sites for hydroxylation is 2. The first-order valence-corrected chi connectivity index (χ1v) is 11.0. The summed E-state index contributed by atoms with van der Waals surface area (Å²) in [7, 11) is -3.18. The molecule has 23 heavy (non-hydrogen) atoms. The molecule has 0 bridgehead atoms. The summed E-state index contributed by atoms with van der Waals surface area (Å²) < 4.78 is 24.8. The van der Waals surface area contributed by atoms with Crippen molar-refractivity contribution in [2.75, 3.05) is 19.3 Å². The van der Waals surface area contributed by atoms with Gasteiger partial charge in [-0.2, -0.15) is 0 Å². The number of rotatable bonds is 3. The van der Waals surface area contributed by atoms with E-state index < -0.39 is 10.0 Å². The van der Waals surface area contributed by atoms with Crippen molar-refractivity contribution in [3.63, 3.8) is 0 Å². The molecule has 1 aromatic heterocycles. The van der Waals surface area contributed by atoms with Crippen molar-refractivity contribution in [1.82, 2.24) is 9.62 Å². The molecule has 1 unspecified atom stereocenters. The summed E-state index contributed by atoms with van der Waals surface area (Å²) in [6.07, 6.45) is 8.70. The standard InChI is InChI=1S/C16H24N2O3S2/c1-23(20,21)18-9-5-7-13(11-18)17-16(19)15-10-12-6-3-2-4-8-14(12)22-15/h10,13H,2-9,11H2,1H3,(H,17,19). The highest BCUT2D eigenvalue weighted by Crippen LogP contribution is 2.29. The van der Waals surface area contributed by atoms with Crippen LogP contribution >= 0.6 is 11.3 Å². The van der Waals surface area contributed by atoms with Gasteiger partial charge in [-0.25, -0.2) is 12.7 Å². The van der Waals surface area contributed by atoms with Crippen molar-refractivity contribution in [2.24, 2.45) is 0 Å². The largest absolute Gasteiger partial charge is 0.347 e. The zero-order valence-corrected chi connectivity index (χ0v) is 15.1. The fraction of sp³-hybridized carbons (Fsp3) is 0.688. The molecule has 1 fully saturated rings. The topological polar surface area (TPSA) is 66.5 Å². The predicted molar refractivity (Wildman–Crippen MR) is 92.5 cm³/mol. The second-order valence-corrected chi connectivity index (χ2v) is 9.67. The molecule has 1 N–H and O–H groups in total. The Balaban J connectivity index is 1.65. The average molecular weight is 357 g/mol. The highest BCUT2D eigenvalue weighted by molar-refractivity contribution is 7.88. The lowest BCUT2D eigenvalue weighted by Gasteiger charge is -2.31. The summed E-state index contributed by atoms with van der Waals surface area (Å²) in [6.45, 7) is 0.939. The molecule has 1 saturated heterocycles. The van der Waals surface area contributed by atoms with E-state index in [4.69, 9.17) is 0 Å². The van der Waals surface area contributed by atoms with Crippen molar-refractivity contribution >= 4 is 27.3 Å². The van der Waals surface area contributed by atoms with Gasteiger partial charge in [0, 0.05) is 24.0 Å². The van der Waals surface area contributed by atoms with E-state index in [1.807, 2.05) is 6.07 Å². The maximum absolute atomic E-state index is 12.5. The van der Waals surface area contributed by atoms with Gasteiger partial charge in [0.1, 0.15) is 0 Å². The monoisotopic (exact) mass is 356 g/mol. The molecule has 1 aliphatic heterocycles. The Bertz CT molecular complexity index is 658. The number of thiophene rings is 1. The van der Waals surface area contributed by atoms with E-state index >= 15 is 0 Å². The molecule has 0 saturated carbocycles. The Morgan fingerprint density at radius 2 is 2.04 bits per heavy atom. The number of nitrogens with zero attached hydrogens (tertiary/aromatic N) is 1. The minimum atomic E-state index is -3.18. The smallest absolute Gasteiger partial charge is 0.261 e. The molecule has 2 heterocycles. The van der Waals surface area contributed by atoms with Gasteiger partial charge in [-0.05, 0) is 50.2 Å². The summed E-state index contributed by atoms with van der Waals surface area (Å²) in [5.74, 6) is -0.0524. The number of carbonyl (C=O) groups is 1. The minimum absolute atomic E-state index is 0.0524. The fourth-order valence-electron chi connectivity index (χ4n) is 3.40. The number of sulfonamides is 1. The van der Waals surface area contributed by atoms with E-state index in [-0.39, 0.29) is 11.9 Å². The number of amides is 1. The number of piperidine rings is 1. The van der Waals surface area contributed by atoms with Crippen LogP contribution in [0.2, 0.25) is 0 Å². The van der Waals surface area contributed by atoms with Crippen LogP contribution in [-0.2, 0) is 22.9 Å². The lowest BCUT2D eigenvalue weighted by atomic mass is 10.1. The zero-order valence-electron chi connectivity index (χ0n) is 13.5. The predicted octanol–water partition coefficient (Wildman–Crippen LogP) is 2.17. The van der Waals surface area contributed by atoms with E-state index in [1.54, 1.807) is 11.3 Å². The molecule has 128 valence electrons. The maximum Gasteiger partial charge on any atom is 0.261 e. The van der Waals surface area contributed by atoms with Crippen LogP contribution in [-0.4, -0.2) is 44.0 Å². The molecule has 1 aliphatic carbocycles. The number of fused-ring (bicyclic) bond motifs is 1. The first-order chi connectivity index (χ1) is 10.9. The minimum Gasteiger partial charge on any atom is -0.347 e. The van der Waals surface area contributed by atoms with Crippen LogP contribution in [0.15, 0.2) is 6.07 Å². The molecular weight excluding hydrogens is 332 g/mol. The third-order valence-corrected chi connectivity index (χ3v) is 7.16. The lowest BCUT2D eigenvalue weighted by Crippen LogP contribution is -2.49. The Morgan fingerprint density at radius 3 is 2.83 bits per heavy atom. The van der Waals surface area contributed by atoms with Crippen LogP contribution in [0, 0.1) is 0 Å². The van der Waals surface area contributed by atoms with Gasteiger partial charge in [-0.15, -0.1) is 11.3 Å². The third-order valence-electron chi connectivity index (χ3n) is 4.66. The summed E-state index contributed by atoms with van der Waals surface area (Å²) in [4.78, 5) is 14.6. The molecule has 3 rings (SSSR count). The van der Waals surface area contributed by atoms with Crippen molar-refractivity contribution in [2.45, 2.75) is 51.0 Å². The Morgan fingerprint density at radius 1 is 1.26 bits per heavy atom. The second kappa shape index (κ2) is 6.91. The third kappa shape index (κ3) is 4.14. The van der Waals surface area contributed by atoms with Gasteiger partial charge in [0.15, 0.2) is 0 Å². The number of carbonyl (C=O) groups excluding carboxylic acids is 1.